The van der Waals surface area contributed by atoms with E-state index in [1.165, 1.54) is 24.3 Å². The molecule has 0 amide bonds. The lowest BCUT2D eigenvalue weighted by Crippen LogP contribution is -2.13. The van der Waals surface area contributed by atoms with E-state index in [9.17, 15) is 26.7 Å². The molecule has 0 aliphatic heterocycles. The molecule has 2 aromatic carbocycles. The van der Waals surface area contributed by atoms with Gasteiger partial charge in [0, 0.05) is 11.1 Å². The quantitative estimate of drug-likeness (QED) is 0.240. The second kappa shape index (κ2) is 8.91. The van der Waals surface area contributed by atoms with Crippen molar-refractivity contribution in [3.63, 3.8) is 0 Å². The third-order valence-electron chi connectivity index (χ3n) is 4.52. The lowest BCUT2D eigenvalue weighted by molar-refractivity contribution is 0.0564. The molecular formula is C18H20F4O6P2. The summed E-state index contributed by atoms with van der Waals surface area (Å²) in [5.74, 6) is 0. The Morgan fingerprint density at radius 1 is 0.600 bits per heavy atom. The summed E-state index contributed by atoms with van der Waals surface area (Å²) in [6.45, 7) is 0. The lowest BCUT2D eigenvalue weighted by Gasteiger charge is -2.18. The molecule has 0 fully saturated rings. The van der Waals surface area contributed by atoms with Crippen LogP contribution in [0.2, 0.25) is 0 Å². The highest BCUT2D eigenvalue weighted by Gasteiger charge is 2.51. The largest absolute Gasteiger partial charge is 0.399 e. The van der Waals surface area contributed by atoms with E-state index in [4.69, 9.17) is 19.6 Å². The molecule has 30 heavy (non-hydrogen) atoms. The maximum atomic E-state index is 13.6. The first-order chi connectivity index (χ1) is 13.7. The number of unbranched alkanes of at least 4 members (excludes halogenated alkanes) is 1. The summed E-state index contributed by atoms with van der Waals surface area (Å²) >= 11 is 0. The van der Waals surface area contributed by atoms with E-state index < -0.39 is 37.6 Å². The van der Waals surface area contributed by atoms with E-state index >= 15 is 0 Å². The van der Waals surface area contributed by atoms with E-state index in [0.717, 1.165) is 24.3 Å². The highest BCUT2D eigenvalue weighted by Crippen LogP contribution is 2.60. The topological polar surface area (TPSA) is 115 Å². The van der Waals surface area contributed by atoms with E-state index in [0.29, 0.717) is 36.8 Å². The van der Waals surface area contributed by atoms with Crippen molar-refractivity contribution >= 4 is 15.2 Å². The third-order valence-corrected chi connectivity index (χ3v) is 6.49. The highest BCUT2D eigenvalue weighted by atomic mass is 31.2. The maximum Gasteiger partial charge on any atom is 0.399 e. The third kappa shape index (κ3) is 5.58. The number of alkyl halides is 4. The predicted molar refractivity (Wildman–Crippen MR) is 101 cm³/mol. The van der Waals surface area contributed by atoms with Crippen molar-refractivity contribution in [2.45, 2.75) is 37.0 Å². The van der Waals surface area contributed by atoms with Gasteiger partial charge in [-0.05, 0) is 36.8 Å². The van der Waals surface area contributed by atoms with Crippen molar-refractivity contribution in [1.82, 2.24) is 0 Å². The van der Waals surface area contributed by atoms with Gasteiger partial charge in [-0.15, -0.1) is 0 Å². The first kappa shape index (κ1) is 24.7. The van der Waals surface area contributed by atoms with Crippen LogP contribution >= 0.6 is 15.2 Å². The molecule has 0 aromatic heterocycles. The second-order valence-corrected chi connectivity index (χ2v) is 10.1. The Balaban J connectivity index is 1.89. The first-order valence-electron chi connectivity index (χ1n) is 8.72. The van der Waals surface area contributed by atoms with E-state index in [-0.39, 0.29) is 0 Å². The summed E-state index contributed by atoms with van der Waals surface area (Å²) in [5, 5.41) is 0. The van der Waals surface area contributed by atoms with E-state index in [2.05, 4.69) is 0 Å². The van der Waals surface area contributed by atoms with E-state index in [1.54, 1.807) is 0 Å². The van der Waals surface area contributed by atoms with Crippen molar-refractivity contribution in [2.24, 2.45) is 0 Å². The van der Waals surface area contributed by atoms with Gasteiger partial charge in [-0.1, -0.05) is 48.5 Å². The smallest absolute Gasteiger partial charge is 0.320 e. The van der Waals surface area contributed by atoms with Crippen molar-refractivity contribution in [3.05, 3.63) is 70.8 Å². The standard InChI is InChI=1S/C18H20F4O6P2/c19-17(20,29(23,24)25)15-9-5-13(6-10-15)3-1-2-4-14-7-11-16(12-8-14)18(21,22)30(26,27)28/h5-12H,1-4H2,(H2,23,24,25)(H2,26,27,28). The van der Waals surface area contributed by atoms with Gasteiger partial charge in [-0.3, -0.25) is 9.13 Å². The normalized spacial score (nSPS) is 13.5. The number of hydrogen-bond acceptors (Lipinski definition) is 2. The molecule has 0 radical (unpaired) electrons. The molecule has 2 aromatic rings. The fraction of sp³-hybridized carbons (Fsp3) is 0.333. The van der Waals surface area contributed by atoms with Crippen LogP contribution in [-0.4, -0.2) is 19.6 Å². The molecule has 0 saturated carbocycles. The fourth-order valence-electron chi connectivity index (χ4n) is 2.74. The Hall–Kier alpha value is -1.54. The monoisotopic (exact) mass is 470 g/mol. The summed E-state index contributed by atoms with van der Waals surface area (Å²) in [4.78, 5) is 34.9. The summed E-state index contributed by atoms with van der Waals surface area (Å²) in [6, 6.07) is 9.30. The van der Waals surface area contributed by atoms with Crippen molar-refractivity contribution in [1.29, 1.82) is 0 Å². The van der Waals surface area contributed by atoms with Gasteiger partial charge in [0.15, 0.2) is 0 Å². The molecule has 0 heterocycles. The van der Waals surface area contributed by atoms with Gasteiger partial charge in [0.25, 0.3) is 0 Å². The summed E-state index contributed by atoms with van der Waals surface area (Å²) < 4.78 is 76.2. The van der Waals surface area contributed by atoms with Gasteiger partial charge in [0.05, 0.1) is 0 Å². The fourth-order valence-corrected chi connectivity index (χ4v) is 3.71. The summed E-state index contributed by atoms with van der Waals surface area (Å²) in [6.07, 6.45) is 2.29. The van der Waals surface area contributed by atoms with Crippen LogP contribution in [0.25, 0.3) is 0 Å². The van der Waals surface area contributed by atoms with Gasteiger partial charge in [-0.25, -0.2) is 0 Å². The Labute approximate surface area is 169 Å². The molecule has 6 nitrogen and oxygen atoms in total. The zero-order valence-corrected chi connectivity index (χ0v) is 17.2. The summed E-state index contributed by atoms with van der Waals surface area (Å²) in [5.41, 5.74) is -8.67. The van der Waals surface area contributed by atoms with Crippen molar-refractivity contribution in [2.75, 3.05) is 0 Å². The van der Waals surface area contributed by atoms with Crippen LogP contribution in [-0.2, 0) is 33.3 Å². The van der Waals surface area contributed by atoms with Crippen LogP contribution in [0.3, 0.4) is 0 Å². The van der Waals surface area contributed by atoms with Crippen molar-refractivity contribution < 1.29 is 46.3 Å². The SMILES string of the molecule is O=P(O)(O)C(F)(F)c1ccc(CCCCc2ccc(C(F)(F)P(=O)(O)O)cc2)cc1. The number of rotatable bonds is 9. The molecule has 0 unspecified atom stereocenters. The van der Waals surface area contributed by atoms with Gasteiger partial charge < -0.3 is 19.6 Å². The Kier molecular flexibility index (Phi) is 7.34. The second-order valence-electron chi connectivity index (χ2n) is 6.77. The van der Waals surface area contributed by atoms with Crippen LogP contribution in [0.5, 0.6) is 0 Å². The zero-order chi connectivity index (χ0) is 22.8. The van der Waals surface area contributed by atoms with Crippen molar-refractivity contribution in [3.8, 4) is 0 Å². The molecule has 0 aliphatic carbocycles. The Morgan fingerprint density at radius 3 is 1.10 bits per heavy atom. The molecule has 0 aliphatic rings. The van der Waals surface area contributed by atoms with Crippen LogP contribution in [0.4, 0.5) is 17.6 Å². The molecule has 0 saturated heterocycles. The minimum atomic E-state index is -5.61. The highest BCUT2D eigenvalue weighted by molar-refractivity contribution is 7.52. The average Bonchev–Trinajstić information content (AvgIpc) is 2.64. The molecule has 0 atom stereocenters. The summed E-state index contributed by atoms with van der Waals surface area (Å²) in [7, 11) is -11.2. The number of aryl methyl sites for hydroxylation is 2. The first-order valence-corrected chi connectivity index (χ1v) is 11.9. The maximum absolute atomic E-state index is 13.6. The van der Waals surface area contributed by atoms with Gasteiger partial charge in [0.1, 0.15) is 0 Å². The molecule has 4 N–H and O–H groups in total. The predicted octanol–water partition coefficient (Wildman–Crippen LogP) is 4.71. The minimum absolute atomic E-state index is 0.510. The van der Waals surface area contributed by atoms with E-state index in [1.807, 2.05) is 0 Å². The van der Waals surface area contributed by atoms with Crippen LogP contribution in [0, 0.1) is 0 Å². The molecule has 166 valence electrons. The van der Waals surface area contributed by atoms with Crippen LogP contribution in [0.1, 0.15) is 35.1 Å². The lowest BCUT2D eigenvalue weighted by atomic mass is 10.0. The molecule has 12 heteroatoms. The number of halogens is 4. The number of benzene rings is 2. The number of hydrogen-bond donors (Lipinski definition) is 4. The minimum Gasteiger partial charge on any atom is -0.320 e. The molecular weight excluding hydrogens is 450 g/mol. The zero-order valence-electron chi connectivity index (χ0n) is 15.5. The van der Waals surface area contributed by atoms with Crippen LogP contribution < -0.4 is 0 Å². The molecule has 2 rings (SSSR count). The van der Waals surface area contributed by atoms with Gasteiger partial charge in [-0.2, -0.15) is 17.6 Å². The van der Waals surface area contributed by atoms with Gasteiger partial charge in [0.2, 0.25) is 0 Å². The Morgan fingerprint density at radius 2 is 0.867 bits per heavy atom. The average molecular weight is 470 g/mol. The van der Waals surface area contributed by atoms with Gasteiger partial charge >= 0.3 is 26.5 Å². The van der Waals surface area contributed by atoms with Crippen LogP contribution in [0.15, 0.2) is 48.5 Å². The molecule has 0 bridgehead atoms. The molecule has 0 spiro atoms. The Bertz CT molecular complexity index is 872.